The van der Waals surface area contributed by atoms with Crippen LogP contribution in [-0.2, 0) is 17.6 Å². The predicted octanol–water partition coefficient (Wildman–Crippen LogP) is 4.01. The van der Waals surface area contributed by atoms with Gasteiger partial charge in [0.1, 0.15) is 17.7 Å². The van der Waals surface area contributed by atoms with Gasteiger partial charge in [-0.05, 0) is 30.2 Å². The highest BCUT2D eigenvalue weighted by Gasteiger charge is 2.20. The van der Waals surface area contributed by atoms with Crippen LogP contribution in [0.5, 0.6) is 0 Å². The second-order valence-corrected chi connectivity index (χ2v) is 7.42. The van der Waals surface area contributed by atoms with E-state index in [0.29, 0.717) is 11.6 Å². The first-order valence-corrected chi connectivity index (χ1v) is 9.84. The van der Waals surface area contributed by atoms with E-state index in [0.717, 1.165) is 11.3 Å². The monoisotopic (exact) mass is 383 g/mol. The molecule has 0 bridgehead atoms. The van der Waals surface area contributed by atoms with Crippen LogP contribution < -0.4 is 5.32 Å². The molecule has 3 aromatic rings. The first-order valence-electron chi connectivity index (χ1n) is 8.68. The number of halogens is 1. The van der Waals surface area contributed by atoms with Crippen molar-refractivity contribution in [3.63, 3.8) is 0 Å². The summed E-state index contributed by atoms with van der Waals surface area (Å²) in [5, 5.41) is 3.03. The van der Waals surface area contributed by atoms with Gasteiger partial charge in [-0.3, -0.25) is 4.79 Å². The molecule has 1 N–H and O–H groups in total. The van der Waals surface area contributed by atoms with Gasteiger partial charge in [-0.15, -0.1) is 11.8 Å². The lowest BCUT2D eigenvalue weighted by Crippen LogP contribution is -2.32. The first-order chi connectivity index (χ1) is 13.0. The summed E-state index contributed by atoms with van der Waals surface area (Å²) < 4.78 is 15.1. The summed E-state index contributed by atoms with van der Waals surface area (Å²) in [7, 11) is 1.87. The molecule has 0 aliphatic rings. The zero-order valence-electron chi connectivity index (χ0n) is 15.4. The zero-order valence-corrected chi connectivity index (χ0v) is 16.2. The minimum absolute atomic E-state index is 0.0787. The highest BCUT2D eigenvalue weighted by Crippen LogP contribution is 2.21. The lowest BCUT2D eigenvalue weighted by Gasteiger charge is -2.19. The minimum Gasteiger partial charge on any atom is -0.341 e. The Labute approximate surface area is 162 Å². The third kappa shape index (κ3) is 5.20. The molecule has 6 heteroatoms. The van der Waals surface area contributed by atoms with Crippen molar-refractivity contribution in [2.75, 3.05) is 5.75 Å². The van der Waals surface area contributed by atoms with E-state index in [-0.39, 0.29) is 11.7 Å². The number of imidazole rings is 1. The van der Waals surface area contributed by atoms with Gasteiger partial charge in [0.15, 0.2) is 0 Å². The van der Waals surface area contributed by atoms with E-state index < -0.39 is 6.04 Å². The lowest BCUT2D eigenvalue weighted by atomic mass is 10.1. The summed E-state index contributed by atoms with van der Waals surface area (Å²) in [6.07, 6.45) is 3.51. The Morgan fingerprint density at radius 2 is 2.04 bits per heavy atom. The number of rotatable bonds is 7. The van der Waals surface area contributed by atoms with E-state index in [1.807, 2.05) is 23.9 Å². The van der Waals surface area contributed by atoms with Crippen molar-refractivity contribution in [3.05, 3.63) is 89.3 Å². The van der Waals surface area contributed by atoms with E-state index in [1.165, 1.54) is 23.3 Å². The number of thioether (sulfide) groups is 1. The highest BCUT2D eigenvalue weighted by atomic mass is 32.2. The summed E-state index contributed by atoms with van der Waals surface area (Å²) in [5.74, 6) is 1.44. The highest BCUT2D eigenvalue weighted by molar-refractivity contribution is 7.99. The van der Waals surface area contributed by atoms with Crippen molar-refractivity contribution in [3.8, 4) is 0 Å². The fraction of sp³-hybridized carbons (Fsp3) is 0.238. The van der Waals surface area contributed by atoms with Crippen LogP contribution in [0.25, 0.3) is 0 Å². The van der Waals surface area contributed by atoms with E-state index in [2.05, 4.69) is 35.4 Å². The fourth-order valence-electron chi connectivity index (χ4n) is 2.87. The van der Waals surface area contributed by atoms with Crippen LogP contribution in [0.2, 0.25) is 0 Å². The molecule has 0 spiro atoms. The van der Waals surface area contributed by atoms with Gasteiger partial charge in [0.05, 0.1) is 5.75 Å². The SMILES string of the molecule is Cc1cccc(CSCC(=O)NC(c2ccc(F)cc2)c2nccn2C)c1. The molecular weight excluding hydrogens is 361 g/mol. The van der Waals surface area contributed by atoms with Gasteiger partial charge >= 0.3 is 0 Å². The van der Waals surface area contributed by atoms with Gasteiger partial charge < -0.3 is 9.88 Å². The molecule has 1 unspecified atom stereocenters. The van der Waals surface area contributed by atoms with Crippen LogP contribution in [0, 0.1) is 12.7 Å². The largest absolute Gasteiger partial charge is 0.341 e. The maximum atomic E-state index is 13.3. The first kappa shape index (κ1) is 19.2. The van der Waals surface area contributed by atoms with Crippen LogP contribution in [0.4, 0.5) is 4.39 Å². The smallest absolute Gasteiger partial charge is 0.230 e. The number of carbonyl (C=O) groups is 1. The zero-order chi connectivity index (χ0) is 19.2. The van der Waals surface area contributed by atoms with Crippen molar-refractivity contribution >= 4 is 17.7 Å². The second-order valence-electron chi connectivity index (χ2n) is 6.43. The average Bonchev–Trinajstić information content (AvgIpc) is 3.06. The van der Waals surface area contributed by atoms with Crippen molar-refractivity contribution in [2.24, 2.45) is 7.05 Å². The summed E-state index contributed by atoms with van der Waals surface area (Å²) in [4.78, 5) is 16.9. The van der Waals surface area contributed by atoms with Crippen molar-refractivity contribution in [2.45, 2.75) is 18.7 Å². The van der Waals surface area contributed by atoms with Crippen molar-refractivity contribution in [1.82, 2.24) is 14.9 Å². The number of amides is 1. The van der Waals surface area contributed by atoms with E-state index in [1.54, 1.807) is 30.1 Å². The number of hydrogen-bond acceptors (Lipinski definition) is 3. The molecule has 0 aliphatic heterocycles. The van der Waals surface area contributed by atoms with E-state index in [4.69, 9.17) is 0 Å². The number of nitrogens with zero attached hydrogens (tertiary/aromatic N) is 2. The number of carbonyl (C=O) groups excluding carboxylic acids is 1. The van der Waals surface area contributed by atoms with Gasteiger partial charge in [0, 0.05) is 25.2 Å². The molecule has 0 saturated heterocycles. The third-order valence-electron chi connectivity index (χ3n) is 4.21. The van der Waals surface area contributed by atoms with E-state index >= 15 is 0 Å². The Bertz CT molecular complexity index is 908. The molecular formula is C21H22FN3OS. The molecule has 1 aromatic heterocycles. The summed E-state index contributed by atoms with van der Waals surface area (Å²) >= 11 is 1.56. The molecule has 3 rings (SSSR count). The van der Waals surface area contributed by atoms with Gasteiger partial charge in [-0.2, -0.15) is 0 Å². The number of aryl methyl sites for hydroxylation is 2. The molecule has 0 aliphatic carbocycles. The van der Waals surface area contributed by atoms with Crippen molar-refractivity contribution < 1.29 is 9.18 Å². The number of benzene rings is 2. The normalized spacial score (nSPS) is 12.0. The molecule has 0 radical (unpaired) electrons. The van der Waals surface area contributed by atoms with Crippen LogP contribution in [0.1, 0.15) is 28.6 Å². The van der Waals surface area contributed by atoms with Crippen LogP contribution in [-0.4, -0.2) is 21.2 Å². The summed E-state index contributed by atoms with van der Waals surface area (Å²) in [6, 6.07) is 14.0. The number of hydrogen-bond donors (Lipinski definition) is 1. The maximum absolute atomic E-state index is 13.3. The topological polar surface area (TPSA) is 46.9 Å². The van der Waals surface area contributed by atoms with Crippen LogP contribution in [0.3, 0.4) is 0 Å². The number of nitrogens with one attached hydrogen (secondary N) is 1. The lowest BCUT2D eigenvalue weighted by molar-refractivity contribution is -0.119. The van der Waals surface area contributed by atoms with E-state index in [9.17, 15) is 9.18 Å². The Morgan fingerprint density at radius 1 is 1.26 bits per heavy atom. The van der Waals surface area contributed by atoms with Gasteiger partial charge in [-0.25, -0.2) is 9.37 Å². The maximum Gasteiger partial charge on any atom is 0.230 e. The molecule has 1 heterocycles. The molecule has 2 aromatic carbocycles. The number of aromatic nitrogens is 2. The third-order valence-corrected chi connectivity index (χ3v) is 5.21. The van der Waals surface area contributed by atoms with Gasteiger partial charge in [-0.1, -0.05) is 42.0 Å². The van der Waals surface area contributed by atoms with Gasteiger partial charge in [0.2, 0.25) is 5.91 Å². The summed E-state index contributed by atoms with van der Waals surface area (Å²) in [6.45, 7) is 2.06. The minimum atomic E-state index is -0.419. The quantitative estimate of drug-likeness (QED) is 0.671. The van der Waals surface area contributed by atoms with Crippen LogP contribution >= 0.6 is 11.8 Å². The second kappa shape index (κ2) is 8.86. The predicted molar refractivity (Wildman–Crippen MR) is 107 cm³/mol. The van der Waals surface area contributed by atoms with Crippen molar-refractivity contribution in [1.29, 1.82) is 0 Å². The Morgan fingerprint density at radius 3 is 2.70 bits per heavy atom. The molecule has 1 atom stereocenters. The average molecular weight is 383 g/mol. The Kier molecular flexibility index (Phi) is 6.29. The summed E-state index contributed by atoms with van der Waals surface area (Å²) in [5.41, 5.74) is 3.21. The standard InChI is InChI=1S/C21H22FN3OS/c1-15-4-3-5-16(12-15)13-27-14-19(26)24-20(21-23-10-11-25(21)2)17-6-8-18(22)9-7-17/h3-12,20H,13-14H2,1-2H3,(H,24,26). The van der Waals surface area contributed by atoms with Crippen LogP contribution in [0.15, 0.2) is 60.9 Å². The molecule has 4 nitrogen and oxygen atoms in total. The molecule has 27 heavy (non-hydrogen) atoms. The molecule has 0 fully saturated rings. The molecule has 140 valence electrons. The molecule has 1 amide bonds. The van der Waals surface area contributed by atoms with Gasteiger partial charge in [0.25, 0.3) is 0 Å². The Hall–Kier alpha value is -2.60. The Balaban J connectivity index is 1.66. The molecule has 0 saturated carbocycles. The fourth-order valence-corrected chi connectivity index (χ4v) is 3.66.